The maximum absolute atomic E-state index is 12.0. The zero-order valence-electron chi connectivity index (χ0n) is 16.9. The maximum Gasteiger partial charge on any atom is 0.246 e. The average Bonchev–Trinajstić information content (AvgIpc) is 3.36. The molecule has 1 aromatic heterocycles. The monoisotopic (exact) mass is 392 g/mol. The van der Waals surface area contributed by atoms with Gasteiger partial charge in [-0.25, -0.2) is 4.98 Å². The van der Waals surface area contributed by atoms with Gasteiger partial charge in [0.25, 0.3) is 0 Å². The van der Waals surface area contributed by atoms with Crippen LogP contribution in [0.25, 0.3) is 11.0 Å². The lowest BCUT2D eigenvalue weighted by Gasteiger charge is -2.16. The molecule has 4 rings (SSSR count). The van der Waals surface area contributed by atoms with Gasteiger partial charge in [0.2, 0.25) is 5.91 Å². The van der Waals surface area contributed by atoms with Crippen LogP contribution in [-0.2, 0) is 16.1 Å². The van der Waals surface area contributed by atoms with E-state index < -0.39 is 0 Å². The van der Waals surface area contributed by atoms with E-state index in [2.05, 4.69) is 50.5 Å². The first-order valence-electron chi connectivity index (χ1n) is 10.2. The minimum Gasteiger partial charge on any atom is -0.364 e. The molecule has 1 aliphatic rings. The molecule has 0 unspecified atom stereocenters. The van der Waals surface area contributed by atoms with Crippen molar-refractivity contribution in [3.05, 3.63) is 65.5 Å². The van der Waals surface area contributed by atoms with Crippen LogP contribution < -0.4 is 5.32 Å². The van der Waals surface area contributed by atoms with Gasteiger partial charge in [-0.05, 0) is 43.0 Å². The number of para-hydroxylation sites is 1. The summed E-state index contributed by atoms with van der Waals surface area (Å²) >= 11 is 0. The van der Waals surface area contributed by atoms with E-state index in [0.29, 0.717) is 19.1 Å². The molecular formula is C23H28N4O2. The molecule has 0 bridgehead atoms. The molecule has 152 valence electrons. The molecule has 1 amide bonds. The van der Waals surface area contributed by atoms with E-state index in [1.54, 1.807) is 0 Å². The Morgan fingerprint density at radius 3 is 2.93 bits per heavy atom. The number of nitrogens with zero attached hydrogens (tertiary/aromatic N) is 2. The van der Waals surface area contributed by atoms with Crippen LogP contribution in [-0.4, -0.2) is 53.6 Å². The molecule has 0 saturated carbocycles. The van der Waals surface area contributed by atoms with Gasteiger partial charge < -0.3 is 19.9 Å². The van der Waals surface area contributed by atoms with Crippen molar-refractivity contribution in [1.82, 2.24) is 20.2 Å². The van der Waals surface area contributed by atoms with Gasteiger partial charge in [0.15, 0.2) is 0 Å². The van der Waals surface area contributed by atoms with Crippen LogP contribution >= 0.6 is 0 Å². The van der Waals surface area contributed by atoms with Crippen molar-refractivity contribution < 1.29 is 9.53 Å². The van der Waals surface area contributed by atoms with Gasteiger partial charge in [0.05, 0.1) is 11.0 Å². The number of carbonyl (C=O) groups excluding carboxylic acids is 1. The summed E-state index contributed by atoms with van der Waals surface area (Å²) in [5.41, 5.74) is 4.48. The predicted molar refractivity (Wildman–Crippen MR) is 114 cm³/mol. The largest absolute Gasteiger partial charge is 0.364 e. The van der Waals surface area contributed by atoms with Crippen LogP contribution in [0.4, 0.5) is 0 Å². The Kier molecular flexibility index (Phi) is 6.22. The maximum atomic E-state index is 12.0. The number of aryl methyl sites for hydroxylation is 1. The number of likely N-dealkylation sites (tertiary alicyclic amines) is 1. The number of amides is 1. The highest BCUT2D eigenvalue weighted by molar-refractivity contribution is 5.78. The van der Waals surface area contributed by atoms with Crippen LogP contribution in [0.3, 0.4) is 0 Å². The van der Waals surface area contributed by atoms with Crippen molar-refractivity contribution in [2.24, 2.45) is 0 Å². The number of nitrogens with one attached hydrogen (secondary N) is 2. The van der Waals surface area contributed by atoms with Gasteiger partial charge in [0, 0.05) is 19.6 Å². The summed E-state index contributed by atoms with van der Waals surface area (Å²) in [5, 5.41) is 2.95. The number of aromatic amines is 1. The zero-order valence-corrected chi connectivity index (χ0v) is 16.9. The highest BCUT2D eigenvalue weighted by atomic mass is 16.5. The first kappa shape index (κ1) is 19.6. The Balaban J connectivity index is 1.14. The number of ether oxygens (including phenoxy) is 1. The van der Waals surface area contributed by atoms with Gasteiger partial charge in [-0.15, -0.1) is 0 Å². The Labute approximate surface area is 171 Å². The summed E-state index contributed by atoms with van der Waals surface area (Å²) in [6.07, 6.45) is 1.18. The van der Waals surface area contributed by atoms with E-state index in [4.69, 9.17) is 4.74 Å². The summed E-state index contributed by atoms with van der Waals surface area (Å²) in [6.45, 7) is 6.03. The van der Waals surface area contributed by atoms with E-state index in [0.717, 1.165) is 42.1 Å². The second-order valence-electron chi connectivity index (χ2n) is 7.69. The first-order chi connectivity index (χ1) is 14.2. The summed E-state index contributed by atoms with van der Waals surface area (Å²) in [5.74, 6) is 1.25. The summed E-state index contributed by atoms with van der Waals surface area (Å²) in [4.78, 5) is 22.2. The number of hydrogen-bond donors (Lipinski definition) is 2. The smallest absolute Gasteiger partial charge is 0.246 e. The second-order valence-corrected chi connectivity index (χ2v) is 7.69. The molecular weight excluding hydrogens is 364 g/mol. The Hall–Kier alpha value is -2.70. The third kappa shape index (κ3) is 5.02. The quantitative estimate of drug-likeness (QED) is 0.618. The van der Waals surface area contributed by atoms with Gasteiger partial charge in [-0.2, -0.15) is 0 Å². The number of benzene rings is 2. The number of aromatic nitrogens is 2. The normalized spacial score (nSPS) is 17.1. The Morgan fingerprint density at radius 2 is 2.10 bits per heavy atom. The molecule has 1 aliphatic heterocycles. The molecule has 1 atom stereocenters. The van der Waals surface area contributed by atoms with Crippen molar-refractivity contribution in [1.29, 1.82) is 0 Å². The van der Waals surface area contributed by atoms with Gasteiger partial charge in [0.1, 0.15) is 19.0 Å². The molecule has 6 heteroatoms. The van der Waals surface area contributed by atoms with Crippen molar-refractivity contribution in [2.45, 2.75) is 25.9 Å². The molecule has 6 nitrogen and oxygen atoms in total. The average molecular weight is 393 g/mol. The predicted octanol–water partition coefficient (Wildman–Crippen LogP) is 2.99. The number of rotatable bonds is 8. The minimum atomic E-state index is -0.0869. The topological polar surface area (TPSA) is 70.2 Å². The molecule has 1 fully saturated rings. The third-order valence-electron chi connectivity index (χ3n) is 5.53. The number of fused-ring (bicyclic) bond motifs is 1. The number of imidazole rings is 1. The molecule has 2 aromatic carbocycles. The molecule has 29 heavy (non-hydrogen) atoms. The molecule has 3 aromatic rings. The van der Waals surface area contributed by atoms with Gasteiger partial charge in [-0.3, -0.25) is 4.79 Å². The van der Waals surface area contributed by atoms with Crippen LogP contribution in [0.1, 0.15) is 29.3 Å². The molecule has 0 aliphatic carbocycles. The lowest BCUT2D eigenvalue weighted by Crippen LogP contribution is -2.35. The van der Waals surface area contributed by atoms with E-state index in [-0.39, 0.29) is 12.5 Å². The number of carbonyl (C=O) groups is 1. The molecule has 0 radical (unpaired) electrons. The lowest BCUT2D eigenvalue weighted by atomic mass is 9.99. The van der Waals surface area contributed by atoms with Crippen molar-refractivity contribution in [3.8, 4) is 0 Å². The standard InChI is InChI=1S/C23H28N4O2/c1-17-6-5-9-20-23(17)26-21(25-20)15-29-16-22(28)24-11-13-27-12-10-19(14-27)18-7-3-2-4-8-18/h2-9,19H,10-16H2,1H3,(H,24,28)(H,25,26)/t19-/m1/s1. The zero-order chi connectivity index (χ0) is 20.1. The highest BCUT2D eigenvalue weighted by Gasteiger charge is 2.23. The SMILES string of the molecule is Cc1cccc2[nH]c(COCC(=O)NCCN3CC[C@@H](c4ccccc4)C3)nc12. The fourth-order valence-corrected chi connectivity index (χ4v) is 3.97. The Morgan fingerprint density at radius 1 is 1.24 bits per heavy atom. The van der Waals surface area contributed by atoms with Gasteiger partial charge in [-0.1, -0.05) is 42.5 Å². The van der Waals surface area contributed by atoms with Crippen LogP contribution in [0.2, 0.25) is 0 Å². The summed E-state index contributed by atoms with van der Waals surface area (Å²) < 4.78 is 5.53. The van der Waals surface area contributed by atoms with Crippen molar-refractivity contribution >= 4 is 16.9 Å². The number of hydrogen-bond acceptors (Lipinski definition) is 4. The highest BCUT2D eigenvalue weighted by Crippen LogP contribution is 2.26. The summed E-state index contributed by atoms with van der Waals surface area (Å²) in [7, 11) is 0. The molecule has 1 saturated heterocycles. The third-order valence-corrected chi connectivity index (χ3v) is 5.53. The Bertz CT molecular complexity index is 954. The van der Waals surface area contributed by atoms with E-state index in [1.165, 1.54) is 12.0 Å². The fraction of sp³-hybridized carbons (Fsp3) is 0.391. The molecule has 2 heterocycles. The molecule has 2 N–H and O–H groups in total. The van der Waals surface area contributed by atoms with E-state index >= 15 is 0 Å². The van der Waals surface area contributed by atoms with Crippen molar-refractivity contribution in [3.63, 3.8) is 0 Å². The fourth-order valence-electron chi connectivity index (χ4n) is 3.97. The molecule has 0 spiro atoms. The second kappa shape index (κ2) is 9.20. The number of H-pyrrole nitrogens is 1. The van der Waals surface area contributed by atoms with E-state index in [9.17, 15) is 4.79 Å². The van der Waals surface area contributed by atoms with E-state index in [1.807, 2.05) is 25.1 Å². The summed E-state index contributed by atoms with van der Waals surface area (Å²) in [6, 6.07) is 16.7. The minimum absolute atomic E-state index is 0.0443. The van der Waals surface area contributed by atoms with Crippen molar-refractivity contribution in [2.75, 3.05) is 32.8 Å². The van der Waals surface area contributed by atoms with Crippen LogP contribution in [0.15, 0.2) is 48.5 Å². The lowest BCUT2D eigenvalue weighted by molar-refractivity contribution is -0.126. The van der Waals surface area contributed by atoms with Crippen LogP contribution in [0.5, 0.6) is 0 Å². The van der Waals surface area contributed by atoms with Gasteiger partial charge >= 0.3 is 0 Å². The first-order valence-corrected chi connectivity index (χ1v) is 10.2. The van der Waals surface area contributed by atoms with Crippen LogP contribution in [0, 0.1) is 6.92 Å².